The van der Waals surface area contributed by atoms with Crippen LogP contribution in [-0.4, -0.2) is 17.6 Å². The topological polar surface area (TPSA) is 9.23 Å². The maximum Gasteiger partial charge on any atom is 0.257 e. The summed E-state index contributed by atoms with van der Waals surface area (Å²) in [5.41, 5.74) is 0. The number of alkyl halides is 1. The Morgan fingerprint density at radius 2 is 2.12 bits per heavy atom. The number of rotatable bonds is 3. The maximum atomic E-state index is 4.79. The van der Waals surface area contributed by atoms with Gasteiger partial charge in [0.1, 0.15) is 2.99 Å². The summed E-state index contributed by atoms with van der Waals surface area (Å²) >= 11 is 11.4. The second-order valence-corrected chi connectivity index (χ2v) is 5.92. The van der Waals surface area contributed by atoms with Gasteiger partial charge in [0.05, 0.1) is 0 Å². The minimum atomic E-state index is -0.372. The Kier molecular flexibility index (Phi) is 4.71. The van der Waals surface area contributed by atoms with E-state index in [4.69, 9.17) is 4.65 Å². The molecule has 1 nitrogen and oxygen atoms in total. The van der Waals surface area contributed by atoms with Crippen LogP contribution in [0.1, 0.15) is 6.42 Å². The van der Waals surface area contributed by atoms with Gasteiger partial charge in [-0.25, -0.2) is 0 Å². The Hall–Kier alpha value is 1.20. The van der Waals surface area contributed by atoms with Crippen molar-refractivity contribution in [1.82, 2.24) is 0 Å². The highest BCUT2D eigenvalue weighted by Crippen LogP contribution is 2.30. The zero-order valence-corrected chi connectivity index (χ0v) is 7.97. The molecule has 0 saturated carbocycles. The molecule has 8 heavy (non-hydrogen) atoms. The number of thiol groups is 2. The summed E-state index contributed by atoms with van der Waals surface area (Å²) in [5, 5.41) is 0. The van der Waals surface area contributed by atoms with Crippen LogP contribution in [0.3, 0.4) is 0 Å². The predicted octanol–water partition coefficient (Wildman–Crippen LogP) is 0.849. The maximum absolute atomic E-state index is 4.79. The SMILES string of the molecule is BOCCC(S)(S)Br. The van der Waals surface area contributed by atoms with Crippen LogP contribution in [0.5, 0.6) is 0 Å². The minimum Gasteiger partial charge on any atom is -0.444 e. The molecule has 0 aromatic rings. The van der Waals surface area contributed by atoms with E-state index in [9.17, 15) is 0 Å². The summed E-state index contributed by atoms with van der Waals surface area (Å²) in [6.45, 7) is 0.679. The van der Waals surface area contributed by atoms with Crippen molar-refractivity contribution in [3.8, 4) is 0 Å². The highest BCUT2D eigenvalue weighted by atomic mass is 79.9. The van der Waals surface area contributed by atoms with Crippen LogP contribution in [0.2, 0.25) is 0 Å². The van der Waals surface area contributed by atoms with Crippen LogP contribution in [0.4, 0.5) is 0 Å². The molecule has 0 unspecified atom stereocenters. The average molecular weight is 215 g/mol. The Bertz CT molecular complexity index is 64.8. The second-order valence-electron chi connectivity index (χ2n) is 1.46. The number of hydrogen-bond acceptors (Lipinski definition) is 3. The molecule has 0 aliphatic carbocycles. The van der Waals surface area contributed by atoms with Crippen molar-refractivity contribution >= 4 is 49.2 Å². The monoisotopic (exact) mass is 214 g/mol. The van der Waals surface area contributed by atoms with Crippen LogP contribution in [0.15, 0.2) is 0 Å². The lowest BCUT2D eigenvalue weighted by Gasteiger charge is -2.12. The lowest BCUT2D eigenvalue weighted by atomic mass is 10.5. The van der Waals surface area contributed by atoms with E-state index < -0.39 is 0 Å². The first-order valence-electron chi connectivity index (χ1n) is 2.19. The van der Waals surface area contributed by atoms with Gasteiger partial charge in [-0.05, 0) is 0 Å². The summed E-state index contributed by atoms with van der Waals surface area (Å²) in [6, 6.07) is 0. The van der Waals surface area contributed by atoms with Gasteiger partial charge in [0.25, 0.3) is 8.05 Å². The molecule has 48 valence electrons. The molecule has 0 fully saturated rings. The quantitative estimate of drug-likeness (QED) is 0.307. The third-order valence-corrected chi connectivity index (χ3v) is 1.47. The fourth-order valence-corrected chi connectivity index (χ4v) is 0.576. The molecule has 5 heteroatoms. The van der Waals surface area contributed by atoms with E-state index in [-0.39, 0.29) is 2.99 Å². The normalized spacial score (nSPS) is 11.9. The number of halogens is 1. The largest absolute Gasteiger partial charge is 0.444 e. The van der Waals surface area contributed by atoms with Crippen LogP contribution in [0, 0.1) is 0 Å². The lowest BCUT2D eigenvalue weighted by molar-refractivity contribution is 0.346. The molecular weight excluding hydrogens is 207 g/mol. The van der Waals surface area contributed by atoms with Crippen LogP contribution >= 0.6 is 41.2 Å². The first-order valence-corrected chi connectivity index (χ1v) is 3.87. The van der Waals surface area contributed by atoms with Crippen molar-refractivity contribution in [2.45, 2.75) is 9.41 Å². The van der Waals surface area contributed by atoms with Gasteiger partial charge in [-0.15, -0.1) is 0 Å². The molecule has 0 bridgehead atoms. The minimum absolute atomic E-state index is 0.372. The molecule has 0 spiro atoms. The van der Waals surface area contributed by atoms with Gasteiger partial charge >= 0.3 is 0 Å². The van der Waals surface area contributed by atoms with Gasteiger partial charge in [-0.2, -0.15) is 25.3 Å². The van der Waals surface area contributed by atoms with Gasteiger partial charge in [-0.3, -0.25) is 0 Å². The van der Waals surface area contributed by atoms with Gasteiger partial charge in [-0.1, -0.05) is 15.9 Å². The van der Waals surface area contributed by atoms with Crippen LogP contribution < -0.4 is 0 Å². The van der Waals surface area contributed by atoms with E-state index in [1.54, 1.807) is 8.05 Å². The molecule has 0 aliphatic rings. The smallest absolute Gasteiger partial charge is 0.257 e. The van der Waals surface area contributed by atoms with Gasteiger partial charge in [0.15, 0.2) is 0 Å². The lowest BCUT2D eigenvalue weighted by Crippen LogP contribution is -2.05. The predicted molar refractivity (Wildman–Crippen MR) is 48.7 cm³/mol. The Balaban J connectivity index is 3.11. The summed E-state index contributed by atoms with van der Waals surface area (Å²) in [5.74, 6) is 0. The molecule has 0 N–H and O–H groups in total. The third kappa shape index (κ3) is 7.20. The Morgan fingerprint density at radius 3 is 2.25 bits per heavy atom. The summed E-state index contributed by atoms with van der Waals surface area (Å²) in [6.07, 6.45) is 0.787. The van der Waals surface area contributed by atoms with E-state index in [1.807, 2.05) is 0 Å². The molecule has 0 radical (unpaired) electrons. The molecular formula is C3H8BBrOS2. The first-order chi connectivity index (χ1) is 3.56. The van der Waals surface area contributed by atoms with Gasteiger partial charge in [0.2, 0.25) is 0 Å². The van der Waals surface area contributed by atoms with Crippen molar-refractivity contribution in [3.05, 3.63) is 0 Å². The van der Waals surface area contributed by atoms with Crippen molar-refractivity contribution in [3.63, 3.8) is 0 Å². The van der Waals surface area contributed by atoms with Crippen LogP contribution in [0.25, 0.3) is 0 Å². The average Bonchev–Trinajstić information content (AvgIpc) is 1.59. The third-order valence-electron chi connectivity index (χ3n) is 0.624. The van der Waals surface area contributed by atoms with E-state index in [0.717, 1.165) is 6.42 Å². The molecule has 0 amide bonds. The van der Waals surface area contributed by atoms with Crippen molar-refractivity contribution in [1.29, 1.82) is 0 Å². The second kappa shape index (κ2) is 4.09. The molecule has 0 aromatic carbocycles. The standard InChI is InChI=1S/C3H8BBrOS2/c4-6-2-1-3(5,7)8/h7-8H,1-2,4H2. The molecule has 0 saturated heterocycles. The molecule has 0 aromatic heterocycles. The van der Waals surface area contributed by atoms with E-state index in [0.29, 0.717) is 6.61 Å². The fourth-order valence-electron chi connectivity index (χ4n) is 0.232. The van der Waals surface area contributed by atoms with E-state index >= 15 is 0 Å². The van der Waals surface area contributed by atoms with E-state index in [1.165, 1.54) is 0 Å². The highest BCUT2D eigenvalue weighted by molar-refractivity contribution is 9.13. The van der Waals surface area contributed by atoms with Crippen LogP contribution in [-0.2, 0) is 4.65 Å². The highest BCUT2D eigenvalue weighted by Gasteiger charge is 2.12. The zero-order valence-electron chi connectivity index (χ0n) is 4.59. The van der Waals surface area contributed by atoms with Gasteiger partial charge < -0.3 is 4.65 Å². The zero-order chi connectivity index (χ0) is 6.62. The van der Waals surface area contributed by atoms with Crippen molar-refractivity contribution in [2.75, 3.05) is 6.61 Å². The summed E-state index contributed by atoms with van der Waals surface area (Å²) < 4.78 is 4.42. The number of hydrogen-bond donors (Lipinski definition) is 2. The fraction of sp³-hybridized carbons (Fsp3) is 1.00. The van der Waals surface area contributed by atoms with Crippen molar-refractivity contribution < 1.29 is 4.65 Å². The first kappa shape index (κ1) is 9.20. The summed E-state index contributed by atoms with van der Waals surface area (Å²) in [7, 11) is 1.65. The molecule has 0 rings (SSSR count). The summed E-state index contributed by atoms with van der Waals surface area (Å²) in [4.78, 5) is 0. The van der Waals surface area contributed by atoms with E-state index in [2.05, 4.69) is 41.2 Å². The van der Waals surface area contributed by atoms with Crippen molar-refractivity contribution in [2.24, 2.45) is 0 Å². The van der Waals surface area contributed by atoms with Gasteiger partial charge in [0, 0.05) is 13.0 Å². The Morgan fingerprint density at radius 1 is 1.62 bits per heavy atom. The molecule has 0 atom stereocenters. The molecule has 0 aliphatic heterocycles. The molecule has 0 heterocycles. The Labute approximate surface area is 69.9 Å².